The van der Waals surface area contributed by atoms with Crippen LogP contribution in [0.3, 0.4) is 0 Å². The molecule has 0 unspecified atom stereocenters. The van der Waals surface area contributed by atoms with Gasteiger partial charge in [0.05, 0.1) is 6.07 Å². The molecule has 0 fully saturated rings. The van der Waals surface area contributed by atoms with Crippen molar-refractivity contribution in [2.75, 3.05) is 5.32 Å². The first-order valence-corrected chi connectivity index (χ1v) is 6.46. The average Bonchev–Trinajstić information content (AvgIpc) is 2.39. The maximum absolute atomic E-state index is 12.3. The lowest BCUT2D eigenvalue weighted by Gasteiger charge is -2.24. The summed E-state index contributed by atoms with van der Waals surface area (Å²) in [4.78, 5) is 12.3. The Morgan fingerprint density at radius 2 is 1.78 bits per heavy atom. The van der Waals surface area contributed by atoms with E-state index in [9.17, 15) is 10.1 Å². The second-order valence-corrected chi connectivity index (χ2v) is 4.51. The molecule has 96 valence electrons. The lowest BCUT2D eigenvalue weighted by Crippen LogP contribution is -2.35. The molecule has 0 saturated heterocycles. The summed E-state index contributed by atoms with van der Waals surface area (Å²) >= 11 is 0. The third-order valence-corrected chi connectivity index (χ3v) is 3.03. The maximum Gasteiger partial charge on any atom is 0.244 e. The van der Waals surface area contributed by atoms with E-state index in [0.29, 0.717) is 12.8 Å². The molecule has 1 aromatic carbocycles. The first-order valence-electron chi connectivity index (χ1n) is 6.46. The number of carbonyl (C=O) groups excluding carboxylic acids is 1. The number of nitrogens with one attached hydrogen (secondary N) is 1. The first-order chi connectivity index (χ1) is 8.68. The summed E-state index contributed by atoms with van der Waals surface area (Å²) in [5, 5.41) is 12.2. The van der Waals surface area contributed by atoms with Gasteiger partial charge >= 0.3 is 0 Å². The van der Waals surface area contributed by atoms with Crippen molar-refractivity contribution in [3.8, 4) is 6.07 Å². The maximum atomic E-state index is 12.3. The number of para-hydroxylation sites is 1. The SMILES string of the molecule is CCCC(C#N)(CCC)C(=O)Nc1ccccc1. The van der Waals surface area contributed by atoms with Gasteiger partial charge in [-0.05, 0) is 25.0 Å². The van der Waals surface area contributed by atoms with E-state index in [1.165, 1.54) is 0 Å². The molecule has 0 bridgehead atoms. The van der Waals surface area contributed by atoms with E-state index < -0.39 is 5.41 Å². The van der Waals surface area contributed by atoms with E-state index in [1.807, 2.05) is 44.2 Å². The van der Waals surface area contributed by atoms with E-state index in [2.05, 4.69) is 11.4 Å². The van der Waals surface area contributed by atoms with E-state index in [-0.39, 0.29) is 5.91 Å². The van der Waals surface area contributed by atoms with Crippen molar-refractivity contribution >= 4 is 11.6 Å². The van der Waals surface area contributed by atoms with Gasteiger partial charge in [0.15, 0.2) is 0 Å². The van der Waals surface area contributed by atoms with Crippen LogP contribution in [0.1, 0.15) is 39.5 Å². The van der Waals surface area contributed by atoms with Crippen LogP contribution in [0.4, 0.5) is 5.69 Å². The van der Waals surface area contributed by atoms with Gasteiger partial charge in [0.1, 0.15) is 5.41 Å². The van der Waals surface area contributed by atoms with Crippen LogP contribution in [0.5, 0.6) is 0 Å². The van der Waals surface area contributed by atoms with Crippen molar-refractivity contribution in [2.45, 2.75) is 39.5 Å². The Morgan fingerprint density at radius 3 is 2.22 bits per heavy atom. The van der Waals surface area contributed by atoms with Crippen LogP contribution in [0, 0.1) is 16.7 Å². The summed E-state index contributed by atoms with van der Waals surface area (Å²) in [7, 11) is 0. The number of benzene rings is 1. The van der Waals surface area contributed by atoms with E-state index in [1.54, 1.807) is 0 Å². The lowest BCUT2D eigenvalue weighted by molar-refractivity contribution is -0.123. The van der Waals surface area contributed by atoms with Crippen LogP contribution in [-0.2, 0) is 4.79 Å². The molecule has 0 radical (unpaired) electrons. The molecule has 0 saturated carbocycles. The minimum Gasteiger partial charge on any atom is -0.325 e. The smallest absolute Gasteiger partial charge is 0.244 e. The lowest BCUT2D eigenvalue weighted by atomic mass is 9.79. The molecule has 3 nitrogen and oxygen atoms in total. The second-order valence-electron chi connectivity index (χ2n) is 4.51. The van der Waals surface area contributed by atoms with Crippen LogP contribution < -0.4 is 5.32 Å². The highest BCUT2D eigenvalue weighted by atomic mass is 16.2. The molecule has 18 heavy (non-hydrogen) atoms. The molecule has 0 atom stereocenters. The predicted octanol–water partition coefficient (Wildman–Crippen LogP) is 3.74. The van der Waals surface area contributed by atoms with E-state index >= 15 is 0 Å². The fourth-order valence-electron chi connectivity index (χ4n) is 2.14. The number of nitriles is 1. The van der Waals surface area contributed by atoms with E-state index in [0.717, 1.165) is 18.5 Å². The highest BCUT2D eigenvalue weighted by molar-refractivity contribution is 5.97. The van der Waals surface area contributed by atoms with Crippen LogP contribution in [0.2, 0.25) is 0 Å². The minimum absolute atomic E-state index is 0.181. The summed E-state index contributed by atoms with van der Waals surface area (Å²) in [6.07, 6.45) is 2.87. The zero-order valence-corrected chi connectivity index (χ0v) is 11.1. The molecule has 1 rings (SSSR count). The fourth-order valence-corrected chi connectivity index (χ4v) is 2.14. The molecular formula is C15H20N2O. The monoisotopic (exact) mass is 244 g/mol. The first kappa shape index (κ1) is 14.2. The summed E-state index contributed by atoms with van der Waals surface area (Å²) < 4.78 is 0. The number of nitrogens with zero attached hydrogens (tertiary/aromatic N) is 1. The zero-order valence-electron chi connectivity index (χ0n) is 11.1. The number of anilines is 1. The van der Waals surface area contributed by atoms with Crippen molar-refractivity contribution < 1.29 is 4.79 Å². The second kappa shape index (κ2) is 6.80. The molecule has 0 aromatic heterocycles. The number of carbonyl (C=O) groups is 1. The van der Waals surface area contributed by atoms with Gasteiger partial charge in [-0.2, -0.15) is 5.26 Å². The average molecular weight is 244 g/mol. The molecule has 0 aliphatic heterocycles. The van der Waals surface area contributed by atoms with Gasteiger partial charge in [-0.25, -0.2) is 0 Å². The summed E-state index contributed by atoms with van der Waals surface area (Å²) in [5.41, 5.74) is -0.145. The minimum atomic E-state index is -0.890. The van der Waals surface area contributed by atoms with Gasteiger partial charge in [-0.1, -0.05) is 44.9 Å². The van der Waals surface area contributed by atoms with Gasteiger partial charge in [0.25, 0.3) is 0 Å². The molecule has 0 heterocycles. The van der Waals surface area contributed by atoms with Crippen LogP contribution in [0.15, 0.2) is 30.3 Å². The Labute approximate surface area is 109 Å². The third kappa shape index (κ3) is 3.33. The molecular weight excluding hydrogens is 224 g/mol. The number of rotatable bonds is 6. The summed E-state index contributed by atoms with van der Waals surface area (Å²) in [5.74, 6) is -0.181. The van der Waals surface area contributed by atoms with Crippen LogP contribution in [-0.4, -0.2) is 5.91 Å². The Kier molecular flexibility index (Phi) is 5.38. The third-order valence-electron chi connectivity index (χ3n) is 3.03. The van der Waals surface area contributed by atoms with Crippen molar-refractivity contribution in [1.82, 2.24) is 0 Å². The Hall–Kier alpha value is -1.82. The van der Waals surface area contributed by atoms with Crippen LogP contribution in [0.25, 0.3) is 0 Å². The van der Waals surface area contributed by atoms with E-state index in [4.69, 9.17) is 0 Å². The number of hydrogen-bond acceptors (Lipinski definition) is 2. The largest absolute Gasteiger partial charge is 0.325 e. The molecule has 1 aromatic rings. The normalized spacial score (nSPS) is 10.7. The summed E-state index contributed by atoms with van der Waals surface area (Å²) in [6.45, 7) is 4.00. The molecule has 0 aliphatic carbocycles. The van der Waals surface area contributed by atoms with Crippen LogP contribution >= 0.6 is 0 Å². The van der Waals surface area contributed by atoms with Crippen molar-refractivity contribution in [1.29, 1.82) is 5.26 Å². The molecule has 0 aliphatic rings. The zero-order chi connectivity index (χ0) is 13.4. The van der Waals surface area contributed by atoms with Crippen molar-refractivity contribution in [3.05, 3.63) is 30.3 Å². The fraction of sp³-hybridized carbons (Fsp3) is 0.467. The highest BCUT2D eigenvalue weighted by Crippen LogP contribution is 2.30. The molecule has 0 spiro atoms. The number of amides is 1. The Balaban J connectivity index is 2.86. The van der Waals surface area contributed by atoms with Gasteiger partial charge < -0.3 is 5.32 Å². The Bertz CT molecular complexity index is 414. The predicted molar refractivity (Wildman–Crippen MR) is 72.9 cm³/mol. The van der Waals surface area contributed by atoms with Gasteiger partial charge in [-0.3, -0.25) is 4.79 Å². The quantitative estimate of drug-likeness (QED) is 0.828. The number of hydrogen-bond donors (Lipinski definition) is 1. The van der Waals surface area contributed by atoms with Gasteiger partial charge in [0, 0.05) is 5.69 Å². The van der Waals surface area contributed by atoms with Crippen molar-refractivity contribution in [3.63, 3.8) is 0 Å². The molecule has 3 heteroatoms. The standard InChI is InChI=1S/C15H20N2O/c1-3-10-15(12-16,11-4-2)14(18)17-13-8-6-5-7-9-13/h5-9H,3-4,10-11H2,1-2H3,(H,17,18). The molecule has 1 N–H and O–H groups in total. The Morgan fingerprint density at radius 1 is 1.22 bits per heavy atom. The van der Waals surface area contributed by atoms with Gasteiger partial charge in [0.2, 0.25) is 5.91 Å². The van der Waals surface area contributed by atoms with Crippen molar-refractivity contribution in [2.24, 2.45) is 5.41 Å². The summed E-state index contributed by atoms with van der Waals surface area (Å²) in [6, 6.07) is 11.5. The van der Waals surface area contributed by atoms with Gasteiger partial charge in [-0.15, -0.1) is 0 Å². The topological polar surface area (TPSA) is 52.9 Å². The molecule has 1 amide bonds. The highest BCUT2D eigenvalue weighted by Gasteiger charge is 2.36.